The summed E-state index contributed by atoms with van der Waals surface area (Å²) in [4.78, 5) is 0. The molecular formula is C15H24BrN. The van der Waals surface area contributed by atoms with Crippen molar-refractivity contribution in [3.63, 3.8) is 0 Å². The standard InChI is InChI=1S/C15H24BrN/c1-4-10-15(11-5-2,12-17-3)13-8-6-7-9-14(13)16/h6-9,17H,4-5,10-12H2,1-3H3. The summed E-state index contributed by atoms with van der Waals surface area (Å²) in [6.45, 7) is 5.60. The number of likely N-dealkylation sites (N-methyl/N-ethyl adjacent to an activating group) is 1. The van der Waals surface area contributed by atoms with Crippen LogP contribution < -0.4 is 5.32 Å². The first-order valence-corrected chi connectivity index (χ1v) is 7.39. The summed E-state index contributed by atoms with van der Waals surface area (Å²) in [6, 6.07) is 8.67. The molecule has 0 saturated carbocycles. The molecule has 0 aromatic heterocycles. The van der Waals surface area contributed by atoms with Gasteiger partial charge in [0.2, 0.25) is 0 Å². The monoisotopic (exact) mass is 297 g/mol. The molecule has 0 bridgehead atoms. The van der Waals surface area contributed by atoms with E-state index in [1.54, 1.807) is 0 Å². The van der Waals surface area contributed by atoms with Gasteiger partial charge in [-0.2, -0.15) is 0 Å². The van der Waals surface area contributed by atoms with Crippen LogP contribution in [0.15, 0.2) is 28.7 Å². The Hall–Kier alpha value is -0.340. The van der Waals surface area contributed by atoms with Crippen molar-refractivity contribution in [2.45, 2.75) is 44.9 Å². The Labute approximate surface area is 114 Å². The topological polar surface area (TPSA) is 12.0 Å². The fourth-order valence-corrected chi connectivity index (χ4v) is 3.56. The van der Waals surface area contributed by atoms with Gasteiger partial charge in [-0.3, -0.25) is 0 Å². The second kappa shape index (κ2) is 7.17. The van der Waals surface area contributed by atoms with Gasteiger partial charge in [-0.15, -0.1) is 0 Å². The Balaban J connectivity index is 3.14. The van der Waals surface area contributed by atoms with Gasteiger partial charge < -0.3 is 5.32 Å². The molecule has 1 aromatic rings. The Bertz CT molecular complexity index is 318. The molecule has 0 fully saturated rings. The van der Waals surface area contributed by atoms with Crippen LogP contribution >= 0.6 is 15.9 Å². The largest absolute Gasteiger partial charge is 0.319 e. The van der Waals surface area contributed by atoms with Crippen molar-refractivity contribution in [3.8, 4) is 0 Å². The maximum atomic E-state index is 3.71. The van der Waals surface area contributed by atoms with Gasteiger partial charge >= 0.3 is 0 Å². The average molecular weight is 298 g/mol. The first-order chi connectivity index (χ1) is 8.20. The second-order valence-electron chi connectivity index (χ2n) is 4.79. The van der Waals surface area contributed by atoms with Crippen LogP contribution in [-0.2, 0) is 5.41 Å². The number of benzene rings is 1. The SMILES string of the molecule is CCCC(CCC)(CNC)c1ccccc1Br. The van der Waals surface area contributed by atoms with Crippen LogP contribution in [-0.4, -0.2) is 13.6 Å². The second-order valence-corrected chi connectivity index (χ2v) is 5.64. The minimum absolute atomic E-state index is 0.276. The minimum Gasteiger partial charge on any atom is -0.319 e. The van der Waals surface area contributed by atoms with Gasteiger partial charge in [0, 0.05) is 16.4 Å². The smallest absolute Gasteiger partial charge is 0.0213 e. The van der Waals surface area contributed by atoms with Crippen LogP contribution in [0.5, 0.6) is 0 Å². The number of halogens is 1. The van der Waals surface area contributed by atoms with Crippen LogP contribution in [0.3, 0.4) is 0 Å². The molecule has 0 aliphatic rings. The van der Waals surface area contributed by atoms with E-state index in [4.69, 9.17) is 0 Å². The van der Waals surface area contributed by atoms with E-state index in [0.29, 0.717) is 0 Å². The highest BCUT2D eigenvalue weighted by molar-refractivity contribution is 9.10. The lowest BCUT2D eigenvalue weighted by molar-refractivity contribution is 0.343. The highest BCUT2D eigenvalue weighted by atomic mass is 79.9. The van der Waals surface area contributed by atoms with Crippen LogP contribution in [0, 0.1) is 0 Å². The molecule has 0 atom stereocenters. The molecule has 0 saturated heterocycles. The van der Waals surface area contributed by atoms with Crippen molar-refractivity contribution >= 4 is 15.9 Å². The molecule has 17 heavy (non-hydrogen) atoms. The van der Waals surface area contributed by atoms with E-state index < -0.39 is 0 Å². The first kappa shape index (κ1) is 14.7. The molecule has 0 radical (unpaired) electrons. The van der Waals surface area contributed by atoms with Gasteiger partial charge in [-0.25, -0.2) is 0 Å². The van der Waals surface area contributed by atoms with Crippen molar-refractivity contribution in [1.82, 2.24) is 5.32 Å². The number of nitrogens with one attached hydrogen (secondary N) is 1. The van der Waals surface area contributed by atoms with Crippen LogP contribution in [0.4, 0.5) is 0 Å². The van der Waals surface area contributed by atoms with Crippen LogP contribution in [0.1, 0.15) is 45.1 Å². The molecule has 0 unspecified atom stereocenters. The Morgan fingerprint density at radius 3 is 2.18 bits per heavy atom. The Morgan fingerprint density at radius 1 is 1.12 bits per heavy atom. The van der Waals surface area contributed by atoms with Gasteiger partial charge in [-0.05, 0) is 31.5 Å². The molecule has 1 nitrogen and oxygen atoms in total. The molecule has 0 aliphatic heterocycles. The van der Waals surface area contributed by atoms with E-state index in [1.165, 1.54) is 35.7 Å². The fraction of sp³-hybridized carbons (Fsp3) is 0.600. The maximum absolute atomic E-state index is 3.71. The highest BCUT2D eigenvalue weighted by Crippen LogP contribution is 2.37. The summed E-state index contributed by atoms with van der Waals surface area (Å²) in [5.74, 6) is 0. The zero-order valence-corrected chi connectivity index (χ0v) is 12.8. The predicted molar refractivity (Wildman–Crippen MR) is 79.6 cm³/mol. The molecule has 96 valence electrons. The molecule has 1 aromatic carbocycles. The molecule has 2 heteroatoms. The summed E-state index contributed by atoms with van der Waals surface area (Å²) in [7, 11) is 2.05. The molecule has 1 rings (SSSR count). The van der Waals surface area contributed by atoms with Gasteiger partial charge in [0.15, 0.2) is 0 Å². The molecule has 1 N–H and O–H groups in total. The van der Waals surface area contributed by atoms with Gasteiger partial charge in [0.1, 0.15) is 0 Å². The van der Waals surface area contributed by atoms with Crippen molar-refractivity contribution in [3.05, 3.63) is 34.3 Å². The number of rotatable bonds is 7. The third kappa shape index (κ3) is 3.56. The van der Waals surface area contributed by atoms with Crippen molar-refractivity contribution < 1.29 is 0 Å². The lowest BCUT2D eigenvalue weighted by Crippen LogP contribution is -2.37. The first-order valence-electron chi connectivity index (χ1n) is 6.59. The fourth-order valence-electron chi connectivity index (χ4n) is 2.85. The van der Waals surface area contributed by atoms with E-state index in [-0.39, 0.29) is 5.41 Å². The van der Waals surface area contributed by atoms with E-state index in [1.807, 2.05) is 0 Å². The maximum Gasteiger partial charge on any atom is 0.0213 e. The lowest BCUT2D eigenvalue weighted by Gasteiger charge is -2.35. The zero-order chi connectivity index (χ0) is 12.7. The van der Waals surface area contributed by atoms with E-state index in [2.05, 4.69) is 66.4 Å². The van der Waals surface area contributed by atoms with Crippen molar-refractivity contribution in [2.75, 3.05) is 13.6 Å². The van der Waals surface area contributed by atoms with E-state index in [9.17, 15) is 0 Å². The predicted octanol–water partition coefficient (Wildman–Crippen LogP) is 4.51. The normalized spacial score (nSPS) is 11.8. The third-order valence-corrected chi connectivity index (χ3v) is 4.11. The van der Waals surface area contributed by atoms with Gasteiger partial charge in [-0.1, -0.05) is 60.8 Å². The summed E-state index contributed by atoms with van der Waals surface area (Å²) in [5.41, 5.74) is 1.73. The molecule has 0 amide bonds. The minimum atomic E-state index is 0.276. The average Bonchev–Trinajstić information content (AvgIpc) is 2.30. The zero-order valence-electron chi connectivity index (χ0n) is 11.2. The van der Waals surface area contributed by atoms with Crippen LogP contribution in [0.25, 0.3) is 0 Å². The summed E-state index contributed by atoms with van der Waals surface area (Å²) in [5, 5.41) is 3.38. The van der Waals surface area contributed by atoms with Gasteiger partial charge in [0.25, 0.3) is 0 Å². The highest BCUT2D eigenvalue weighted by Gasteiger charge is 2.31. The number of hydrogen-bond donors (Lipinski definition) is 1. The Morgan fingerprint density at radius 2 is 1.71 bits per heavy atom. The molecular weight excluding hydrogens is 274 g/mol. The molecule has 0 spiro atoms. The quantitative estimate of drug-likeness (QED) is 0.781. The van der Waals surface area contributed by atoms with E-state index >= 15 is 0 Å². The molecule has 0 heterocycles. The summed E-state index contributed by atoms with van der Waals surface area (Å²) < 4.78 is 1.25. The van der Waals surface area contributed by atoms with E-state index in [0.717, 1.165) is 6.54 Å². The third-order valence-electron chi connectivity index (χ3n) is 3.42. The van der Waals surface area contributed by atoms with Crippen molar-refractivity contribution in [1.29, 1.82) is 0 Å². The number of hydrogen-bond acceptors (Lipinski definition) is 1. The Kier molecular flexibility index (Phi) is 6.21. The summed E-state index contributed by atoms with van der Waals surface area (Å²) >= 11 is 3.71. The van der Waals surface area contributed by atoms with Crippen LogP contribution in [0.2, 0.25) is 0 Å². The lowest BCUT2D eigenvalue weighted by atomic mass is 9.73. The van der Waals surface area contributed by atoms with Crippen molar-refractivity contribution in [2.24, 2.45) is 0 Å². The summed E-state index contributed by atoms with van der Waals surface area (Å²) in [6.07, 6.45) is 4.93. The molecule has 0 aliphatic carbocycles. The van der Waals surface area contributed by atoms with Gasteiger partial charge in [0.05, 0.1) is 0 Å².